The number of rotatable bonds is 4. The molecular formula is C19H21FN2O3S. The van der Waals surface area contributed by atoms with E-state index < -0.39 is 15.8 Å². The lowest BCUT2D eigenvalue weighted by atomic mass is 9.99. The summed E-state index contributed by atoms with van der Waals surface area (Å²) in [5.74, 6) is -0.0397. The molecule has 1 saturated heterocycles. The first-order valence-corrected chi connectivity index (χ1v) is 10.0. The summed E-state index contributed by atoms with van der Waals surface area (Å²) in [4.78, 5) is 14.4. The molecule has 1 aliphatic heterocycles. The van der Waals surface area contributed by atoms with E-state index in [4.69, 9.17) is 0 Å². The molecule has 26 heavy (non-hydrogen) atoms. The molecule has 2 aromatic carbocycles. The van der Waals surface area contributed by atoms with Crippen molar-refractivity contribution in [2.45, 2.75) is 24.7 Å². The Bertz CT molecular complexity index is 880. The number of nitrogens with zero attached hydrogens (tertiary/aromatic N) is 1. The second-order valence-corrected chi connectivity index (χ2v) is 8.32. The summed E-state index contributed by atoms with van der Waals surface area (Å²) < 4.78 is 40.1. The Kier molecular flexibility index (Phi) is 5.27. The van der Waals surface area contributed by atoms with Gasteiger partial charge in [0.05, 0.1) is 4.90 Å². The molecule has 1 heterocycles. The van der Waals surface area contributed by atoms with E-state index in [-0.39, 0.29) is 16.5 Å². The van der Waals surface area contributed by atoms with Gasteiger partial charge >= 0.3 is 0 Å². The van der Waals surface area contributed by atoms with Crippen molar-refractivity contribution >= 4 is 21.6 Å². The first kappa shape index (κ1) is 18.4. The first-order valence-electron chi connectivity index (χ1n) is 8.53. The number of anilines is 1. The molecule has 1 aliphatic rings. The molecule has 7 heteroatoms. The molecule has 1 N–H and O–H groups in total. The fraction of sp³-hybridized carbons (Fsp3) is 0.316. The van der Waals surface area contributed by atoms with Crippen LogP contribution in [-0.4, -0.2) is 32.3 Å². The normalized spacial score (nSPS) is 17.8. The zero-order valence-electron chi connectivity index (χ0n) is 14.5. The molecule has 0 spiro atoms. The highest BCUT2D eigenvalue weighted by Crippen LogP contribution is 2.20. The molecule has 0 aliphatic carbocycles. The summed E-state index contributed by atoms with van der Waals surface area (Å²) in [6.07, 6.45) is 2.11. The standard InChI is InChI=1S/C19H21FN2O3S/c1-14-3-2-12-22(13-14)19(23)15-4-10-18(11-5-15)26(24,25)21-17-8-6-16(20)7-9-17/h4-11,14,21H,2-3,12-13H2,1H3. The van der Waals surface area contributed by atoms with Crippen LogP contribution in [-0.2, 0) is 10.0 Å². The van der Waals surface area contributed by atoms with Crippen LogP contribution in [0, 0.1) is 11.7 Å². The van der Waals surface area contributed by atoms with Crippen LogP contribution in [0.15, 0.2) is 53.4 Å². The van der Waals surface area contributed by atoms with Crippen molar-refractivity contribution in [3.05, 3.63) is 59.9 Å². The van der Waals surface area contributed by atoms with E-state index in [0.29, 0.717) is 11.5 Å². The summed E-state index contributed by atoms with van der Waals surface area (Å²) in [5, 5.41) is 0. The minimum Gasteiger partial charge on any atom is -0.338 e. The van der Waals surface area contributed by atoms with Crippen LogP contribution >= 0.6 is 0 Å². The quantitative estimate of drug-likeness (QED) is 0.888. The zero-order chi connectivity index (χ0) is 18.7. The molecule has 1 fully saturated rings. The maximum atomic E-state index is 12.9. The fourth-order valence-electron chi connectivity index (χ4n) is 3.07. The monoisotopic (exact) mass is 376 g/mol. The third-order valence-corrected chi connectivity index (χ3v) is 5.85. The number of likely N-dealkylation sites (tertiary alicyclic amines) is 1. The van der Waals surface area contributed by atoms with Gasteiger partial charge in [-0.15, -0.1) is 0 Å². The van der Waals surface area contributed by atoms with Gasteiger partial charge in [0, 0.05) is 24.3 Å². The Morgan fingerprint density at radius 1 is 1.12 bits per heavy atom. The van der Waals surface area contributed by atoms with Gasteiger partial charge in [0.2, 0.25) is 0 Å². The number of carbonyl (C=O) groups excluding carboxylic acids is 1. The average molecular weight is 376 g/mol. The van der Waals surface area contributed by atoms with Crippen LogP contribution in [0.5, 0.6) is 0 Å². The molecule has 0 aromatic heterocycles. The van der Waals surface area contributed by atoms with Crippen molar-refractivity contribution < 1.29 is 17.6 Å². The fourth-order valence-corrected chi connectivity index (χ4v) is 4.12. The topological polar surface area (TPSA) is 66.5 Å². The number of hydrogen-bond acceptors (Lipinski definition) is 3. The van der Waals surface area contributed by atoms with Crippen molar-refractivity contribution in [2.24, 2.45) is 5.92 Å². The highest BCUT2D eigenvalue weighted by Gasteiger charge is 2.22. The van der Waals surface area contributed by atoms with Crippen LogP contribution in [0.25, 0.3) is 0 Å². The van der Waals surface area contributed by atoms with Crippen molar-refractivity contribution in [1.29, 1.82) is 0 Å². The van der Waals surface area contributed by atoms with Crippen molar-refractivity contribution in [3.8, 4) is 0 Å². The number of amides is 1. The average Bonchev–Trinajstić information content (AvgIpc) is 2.63. The minimum absolute atomic E-state index is 0.0467. The van der Waals surface area contributed by atoms with E-state index in [2.05, 4.69) is 11.6 Å². The second-order valence-electron chi connectivity index (χ2n) is 6.64. The molecule has 0 radical (unpaired) electrons. The highest BCUT2D eigenvalue weighted by molar-refractivity contribution is 7.92. The number of benzene rings is 2. The van der Waals surface area contributed by atoms with Gasteiger partial charge in [0.15, 0.2) is 0 Å². The lowest BCUT2D eigenvalue weighted by Crippen LogP contribution is -2.39. The Morgan fingerprint density at radius 2 is 1.77 bits per heavy atom. The lowest BCUT2D eigenvalue weighted by molar-refractivity contribution is 0.0683. The van der Waals surface area contributed by atoms with Crippen LogP contribution < -0.4 is 4.72 Å². The summed E-state index contributed by atoms with van der Waals surface area (Å²) in [7, 11) is -3.80. The van der Waals surface area contributed by atoms with Crippen LogP contribution in [0.2, 0.25) is 0 Å². The van der Waals surface area contributed by atoms with Crippen LogP contribution in [0.3, 0.4) is 0 Å². The summed E-state index contributed by atoms with van der Waals surface area (Å²) in [6.45, 7) is 3.58. The molecule has 5 nitrogen and oxygen atoms in total. The Balaban J connectivity index is 1.73. The van der Waals surface area contributed by atoms with Crippen LogP contribution in [0.1, 0.15) is 30.1 Å². The van der Waals surface area contributed by atoms with Gasteiger partial charge < -0.3 is 4.90 Å². The zero-order valence-corrected chi connectivity index (χ0v) is 15.3. The van der Waals surface area contributed by atoms with Crippen molar-refractivity contribution in [1.82, 2.24) is 4.90 Å². The Morgan fingerprint density at radius 3 is 2.38 bits per heavy atom. The van der Waals surface area contributed by atoms with Gasteiger partial charge in [-0.25, -0.2) is 12.8 Å². The van der Waals surface area contributed by atoms with E-state index in [9.17, 15) is 17.6 Å². The van der Waals surface area contributed by atoms with E-state index >= 15 is 0 Å². The Hall–Kier alpha value is -2.41. The number of sulfonamides is 1. The molecule has 138 valence electrons. The van der Waals surface area contributed by atoms with Crippen molar-refractivity contribution in [3.63, 3.8) is 0 Å². The highest BCUT2D eigenvalue weighted by atomic mass is 32.2. The SMILES string of the molecule is CC1CCCN(C(=O)c2ccc(S(=O)(=O)Nc3ccc(F)cc3)cc2)C1. The number of piperidine rings is 1. The number of halogens is 1. The molecular weight excluding hydrogens is 355 g/mol. The van der Waals surface area contributed by atoms with Gasteiger partial charge in [-0.1, -0.05) is 6.92 Å². The van der Waals surface area contributed by atoms with Gasteiger partial charge in [-0.2, -0.15) is 0 Å². The van der Waals surface area contributed by atoms with Crippen LogP contribution in [0.4, 0.5) is 10.1 Å². The largest absolute Gasteiger partial charge is 0.338 e. The van der Waals surface area contributed by atoms with Gasteiger partial charge in [-0.05, 0) is 67.3 Å². The minimum atomic E-state index is -3.80. The molecule has 1 atom stereocenters. The molecule has 1 amide bonds. The van der Waals surface area contributed by atoms with E-state index in [1.807, 2.05) is 4.90 Å². The Labute approximate surface area is 152 Å². The third kappa shape index (κ3) is 4.22. The maximum Gasteiger partial charge on any atom is 0.261 e. The molecule has 1 unspecified atom stereocenters. The lowest BCUT2D eigenvalue weighted by Gasteiger charge is -2.31. The predicted octanol–water partition coefficient (Wildman–Crippen LogP) is 3.50. The summed E-state index contributed by atoms with van der Waals surface area (Å²) in [6, 6.07) is 10.9. The van der Waals surface area contributed by atoms with Gasteiger partial charge in [-0.3, -0.25) is 9.52 Å². The van der Waals surface area contributed by atoms with E-state index in [0.717, 1.165) is 25.9 Å². The van der Waals surface area contributed by atoms with Gasteiger partial charge in [0.1, 0.15) is 5.82 Å². The van der Waals surface area contributed by atoms with E-state index in [1.165, 1.54) is 48.5 Å². The molecule has 0 bridgehead atoms. The second kappa shape index (κ2) is 7.45. The van der Waals surface area contributed by atoms with E-state index in [1.54, 1.807) is 0 Å². The number of carbonyl (C=O) groups is 1. The summed E-state index contributed by atoms with van der Waals surface area (Å²) >= 11 is 0. The predicted molar refractivity (Wildman–Crippen MR) is 98.0 cm³/mol. The van der Waals surface area contributed by atoms with Crippen molar-refractivity contribution in [2.75, 3.05) is 17.8 Å². The third-order valence-electron chi connectivity index (χ3n) is 4.45. The smallest absolute Gasteiger partial charge is 0.261 e. The molecule has 2 aromatic rings. The first-order chi connectivity index (χ1) is 12.3. The molecule has 3 rings (SSSR count). The summed E-state index contributed by atoms with van der Waals surface area (Å²) in [5.41, 5.74) is 0.744. The number of nitrogens with one attached hydrogen (secondary N) is 1. The maximum absolute atomic E-state index is 12.9. The molecule has 0 saturated carbocycles. The number of hydrogen-bond donors (Lipinski definition) is 1. The van der Waals surface area contributed by atoms with Gasteiger partial charge in [0.25, 0.3) is 15.9 Å².